The van der Waals surface area contributed by atoms with Crippen LogP contribution < -0.4 is 19.3 Å². The predicted molar refractivity (Wildman–Crippen MR) is 194 cm³/mol. The van der Waals surface area contributed by atoms with E-state index in [1.807, 2.05) is 0 Å². The van der Waals surface area contributed by atoms with Crippen LogP contribution in [0.3, 0.4) is 0 Å². The van der Waals surface area contributed by atoms with E-state index in [4.69, 9.17) is 9.47 Å². The van der Waals surface area contributed by atoms with Gasteiger partial charge in [-0.1, -0.05) is 97.1 Å². The van der Waals surface area contributed by atoms with Crippen molar-refractivity contribution in [3.8, 4) is 33.8 Å². The molecule has 7 aromatic rings. The van der Waals surface area contributed by atoms with Crippen LogP contribution in [0.1, 0.15) is 0 Å². The molecule has 0 aliphatic rings. The molecule has 0 unspecified atom stereocenters. The van der Waals surface area contributed by atoms with Gasteiger partial charge in [0, 0.05) is 28.3 Å². The molecule has 7 rings (SSSR count). The van der Waals surface area contributed by atoms with E-state index in [2.05, 4.69) is 150 Å². The lowest BCUT2D eigenvalue weighted by Crippen LogP contribution is -3.06. The SMILES string of the molecule is C[NH+](C)CCOc1cc(OCC[NH+](C)C)c(-c2c3ccccc3cc3ccccc23)cc1-c1c2ccccc2cc2ccccc12. The number of hydrogen-bond acceptors (Lipinski definition) is 2. The summed E-state index contributed by atoms with van der Waals surface area (Å²) in [5.74, 6) is 1.70. The highest BCUT2D eigenvalue weighted by Gasteiger charge is 2.22. The Hall–Kier alpha value is -4.90. The van der Waals surface area contributed by atoms with E-state index in [9.17, 15) is 0 Å². The lowest BCUT2D eigenvalue weighted by Gasteiger charge is -2.22. The Kier molecular flexibility index (Phi) is 8.32. The summed E-state index contributed by atoms with van der Waals surface area (Å²) < 4.78 is 13.5. The minimum atomic E-state index is 0.607. The molecule has 7 aromatic carbocycles. The quantitative estimate of drug-likeness (QED) is 0.170. The van der Waals surface area contributed by atoms with Crippen molar-refractivity contribution >= 4 is 43.1 Å². The number of fused-ring (bicyclic) bond motifs is 4. The average Bonchev–Trinajstić information content (AvgIpc) is 3.06. The van der Waals surface area contributed by atoms with Crippen molar-refractivity contribution in [2.45, 2.75) is 0 Å². The van der Waals surface area contributed by atoms with Crippen molar-refractivity contribution in [3.63, 3.8) is 0 Å². The molecule has 0 aliphatic carbocycles. The molecule has 0 spiro atoms. The molecular weight excluding hydrogens is 564 g/mol. The Bertz CT molecular complexity index is 1920. The number of rotatable bonds is 10. The van der Waals surface area contributed by atoms with E-state index in [-0.39, 0.29) is 0 Å². The van der Waals surface area contributed by atoms with Gasteiger partial charge in [-0.25, -0.2) is 0 Å². The lowest BCUT2D eigenvalue weighted by atomic mass is 9.87. The zero-order chi connectivity index (χ0) is 31.6. The molecule has 0 amide bonds. The minimum absolute atomic E-state index is 0.607. The third kappa shape index (κ3) is 5.78. The van der Waals surface area contributed by atoms with E-state index in [1.165, 1.54) is 64.0 Å². The van der Waals surface area contributed by atoms with Crippen LogP contribution in [0.25, 0.3) is 65.3 Å². The van der Waals surface area contributed by atoms with Crippen LogP contribution in [0.5, 0.6) is 11.5 Å². The van der Waals surface area contributed by atoms with Crippen LogP contribution >= 0.6 is 0 Å². The number of quaternary nitrogens is 2. The van der Waals surface area contributed by atoms with Gasteiger partial charge in [-0.3, -0.25) is 0 Å². The van der Waals surface area contributed by atoms with Gasteiger partial charge in [0.1, 0.15) is 37.8 Å². The van der Waals surface area contributed by atoms with Gasteiger partial charge in [-0.05, 0) is 61.3 Å². The number of hydrogen-bond donors (Lipinski definition) is 2. The molecule has 0 aliphatic heterocycles. The van der Waals surface area contributed by atoms with Crippen molar-refractivity contribution in [3.05, 3.63) is 121 Å². The van der Waals surface area contributed by atoms with Crippen molar-refractivity contribution in [2.75, 3.05) is 54.5 Å². The van der Waals surface area contributed by atoms with Gasteiger partial charge in [-0.2, -0.15) is 0 Å². The number of ether oxygens (including phenoxy) is 2. The molecule has 0 radical (unpaired) electrons. The fraction of sp³-hybridized carbons (Fsp3) is 0.190. The summed E-state index contributed by atoms with van der Waals surface area (Å²) in [7, 11) is 8.65. The zero-order valence-electron chi connectivity index (χ0n) is 27.2. The summed E-state index contributed by atoms with van der Waals surface area (Å²) >= 11 is 0. The summed E-state index contributed by atoms with van der Waals surface area (Å²) in [6, 6.07) is 43.9. The van der Waals surface area contributed by atoms with Gasteiger partial charge in [0.05, 0.1) is 28.2 Å². The maximum atomic E-state index is 6.73. The number of nitrogens with one attached hydrogen (secondary N) is 2. The molecule has 0 atom stereocenters. The van der Waals surface area contributed by atoms with Crippen LogP contribution in [0.2, 0.25) is 0 Å². The molecule has 0 heterocycles. The average molecular weight is 607 g/mol. The van der Waals surface area contributed by atoms with Gasteiger partial charge < -0.3 is 19.3 Å². The first-order chi connectivity index (χ1) is 22.5. The predicted octanol–water partition coefficient (Wildman–Crippen LogP) is 6.68. The van der Waals surface area contributed by atoms with Gasteiger partial charge in [-0.15, -0.1) is 0 Å². The monoisotopic (exact) mass is 606 g/mol. The maximum Gasteiger partial charge on any atom is 0.137 e. The Balaban J connectivity index is 1.58. The van der Waals surface area contributed by atoms with Crippen LogP contribution in [0.15, 0.2) is 121 Å². The Morgan fingerprint density at radius 1 is 0.413 bits per heavy atom. The first-order valence-electron chi connectivity index (χ1n) is 16.3. The molecule has 4 heteroatoms. The fourth-order valence-corrected chi connectivity index (χ4v) is 6.53. The van der Waals surface area contributed by atoms with Crippen molar-refractivity contribution in [1.29, 1.82) is 0 Å². The maximum absolute atomic E-state index is 6.73. The molecule has 0 aromatic heterocycles. The van der Waals surface area contributed by atoms with E-state index in [1.54, 1.807) is 0 Å². The van der Waals surface area contributed by atoms with E-state index in [0.717, 1.165) is 35.7 Å². The van der Waals surface area contributed by atoms with Crippen molar-refractivity contribution < 1.29 is 19.3 Å². The van der Waals surface area contributed by atoms with Gasteiger partial charge >= 0.3 is 0 Å². The second-order valence-corrected chi connectivity index (χ2v) is 12.8. The fourth-order valence-electron chi connectivity index (χ4n) is 6.53. The molecule has 230 valence electrons. The highest BCUT2D eigenvalue weighted by molar-refractivity contribution is 6.16. The minimum Gasteiger partial charge on any atom is -0.487 e. The first-order valence-corrected chi connectivity index (χ1v) is 16.3. The number of benzene rings is 7. The largest absolute Gasteiger partial charge is 0.487 e. The molecule has 0 bridgehead atoms. The smallest absolute Gasteiger partial charge is 0.137 e. The Labute approximate surface area is 271 Å². The first kappa shape index (κ1) is 29.8. The van der Waals surface area contributed by atoms with Crippen LogP contribution in [-0.2, 0) is 0 Å². The standard InChI is InChI=1S/C42H40N2O2/c1-43(2)21-23-45-39-28-40(46-24-22-44(3)4)38(42-35-19-11-7-15-31(35)26-32-16-8-12-20-36(32)42)27-37(39)41-33-17-9-5-13-29(33)25-30-14-6-10-18-34(30)41/h5-20,25-28H,21-24H2,1-4H3/p+2. The van der Waals surface area contributed by atoms with Gasteiger partial charge in [0.15, 0.2) is 0 Å². The summed E-state index contributed by atoms with van der Waals surface area (Å²) in [6.45, 7) is 3.00. The summed E-state index contributed by atoms with van der Waals surface area (Å²) in [5.41, 5.74) is 4.55. The highest BCUT2D eigenvalue weighted by Crippen LogP contribution is 2.48. The topological polar surface area (TPSA) is 27.3 Å². The third-order valence-electron chi connectivity index (χ3n) is 8.88. The second-order valence-electron chi connectivity index (χ2n) is 12.8. The van der Waals surface area contributed by atoms with E-state index >= 15 is 0 Å². The highest BCUT2D eigenvalue weighted by atomic mass is 16.5. The summed E-state index contributed by atoms with van der Waals surface area (Å²) in [4.78, 5) is 2.70. The second kappa shape index (κ2) is 12.8. The molecule has 0 saturated heterocycles. The molecule has 0 saturated carbocycles. The number of likely N-dealkylation sites (N-methyl/N-ethyl adjacent to an activating group) is 2. The lowest BCUT2D eigenvalue weighted by molar-refractivity contribution is -0.858. The van der Waals surface area contributed by atoms with Crippen LogP contribution in [0, 0.1) is 0 Å². The van der Waals surface area contributed by atoms with Gasteiger partial charge in [0.25, 0.3) is 0 Å². The van der Waals surface area contributed by atoms with Crippen molar-refractivity contribution in [2.24, 2.45) is 0 Å². The van der Waals surface area contributed by atoms with E-state index < -0.39 is 0 Å². The zero-order valence-corrected chi connectivity index (χ0v) is 27.2. The molecule has 46 heavy (non-hydrogen) atoms. The van der Waals surface area contributed by atoms with Crippen molar-refractivity contribution in [1.82, 2.24) is 0 Å². The summed E-state index contributed by atoms with van der Waals surface area (Å²) in [6.07, 6.45) is 0. The summed E-state index contributed by atoms with van der Waals surface area (Å²) in [5, 5.41) is 9.70. The van der Waals surface area contributed by atoms with E-state index in [0.29, 0.717) is 13.2 Å². The van der Waals surface area contributed by atoms with Gasteiger partial charge in [0.2, 0.25) is 0 Å². The van der Waals surface area contributed by atoms with Crippen LogP contribution in [-0.4, -0.2) is 54.5 Å². The third-order valence-corrected chi connectivity index (χ3v) is 8.88. The molecule has 2 N–H and O–H groups in total. The Morgan fingerprint density at radius 2 is 0.739 bits per heavy atom. The van der Waals surface area contributed by atoms with Crippen LogP contribution in [0.4, 0.5) is 0 Å². The molecule has 0 fully saturated rings. The molecular formula is C42H42N2O2+2. The molecule has 4 nitrogen and oxygen atoms in total. The Morgan fingerprint density at radius 3 is 1.07 bits per heavy atom. The normalized spacial score (nSPS) is 11.8.